The summed E-state index contributed by atoms with van der Waals surface area (Å²) in [5, 5.41) is 3.93. The normalized spacial score (nSPS) is 19.4. The van der Waals surface area contributed by atoms with Crippen molar-refractivity contribution in [3.63, 3.8) is 0 Å². The van der Waals surface area contributed by atoms with Crippen LogP contribution in [-0.2, 0) is 20.7 Å². The predicted molar refractivity (Wildman–Crippen MR) is 101 cm³/mol. The molecule has 2 aromatic heterocycles. The van der Waals surface area contributed by atoms with Crippen molar-refractivity contribution in [3.8, 4) is 0 Å². The third-order valence-electron chi connectivity index (χ3n) is 5.14. The van der Waals surface area contributed by atoms with Gasteiger partial charge in [0.1, 0.15) is 6.04 Å². The second-order valence-electron chi connectivity index (χ2n) is 6.88. The van der Waals surface area contributed by atoms with Crippen molar-refractivity contribution in [2.75, 3.05) is 7.11 Å². The minimum Gasteiger partial charge on any atom is -0.467 e. The zero-order valence-corrected chi connectivity index (χ0v) is 15.0. The number of pyridine rings is 1. The number of carbonyl (C=O) groups is 2. The molecule has 1 aliphatic rings. The van der Waals surface area contributed by atoms with Crippen molar-refractivity contribution in [1.82, 2.24) is 15.3 Å². The van der Waals surface area contributed by atoms with E-state index in [4.69, 9.17) is 4.74 Å². The molecule has 1 amide bonds. The van der Waals surface area contributed by atoms with Gasteiger partial charge in [0.2, 0.25) is 5.91 Å². The molecule has 27 heavy (non-hydrogen) atoms. The van der Waals surface area contributed by atoms with Gasteiger partial charge in [-0.3, -0.25) is 9.78 Å². The standard InChI is InChI=1S/C21H21N3O3/c1-27-21(26)19(9-14-12-23-18-7-3-2-6-15(14)18)24-20(25)17-10-16(17)13-5-4-8-22-11-13/h2-8,11-12,16-17,19,23H,9-10H2,1H3,(H,24,25)/t16-,17-,19-/m1/s1. The fourth-order valence-corrected chi connectivity index (χ4v) is 3.58. The number of hydrogen-bond acceptors (Lipinski definition) is 4. The fourth-order valence-electron chi connectivity index (χ4n) is 3.58. The largest absolute Gasteiger partial charge is 0.467 e. The number of fused-ring (bicyclic) bond motifs is 1. The number of benzene rings is 1. The summed E-state index contributed by atoms with van der Waals surface area (Å²) >= 11 is 0. The zero-order valence-electron chi connectivity index (χ0n) is 15.0. The van der Waals surface area contributed by atoms with Gasteiger partial charge in [0.25, 0.3) is 0 Å². The number of amides is 1. The van der Waals surface area contributed by atoms with Crippen molar-refractivity contribution < 1.29 is 14.3 Å². The molecule has 0 spiro atoms. The molecule has 1 aliphatic carbocycles. The van der Waals surface area contributed by atoms with E-state index in [9.17, 15) is 9.59 Å². The molecule has 0 bridgehead atoms. The Morgan fingerprint density at radius 2 is 2.15 bits per heavy atom. The van der Waals surface area contributed by atoms with Crippen LogP contribution >= 0.6 is 0 Å². The van der Waals surface area contributed by atoms with E-state index in [0.29, 0.717) is 6.42 Å². The number of ether oxygens (including phenoxy) is 1. The van der Waals surface area contributed by atoms with Gasteiger partial charge in [0.15, 0.2) is 0 Å². The van der Waals surface area contributed by atoms with Gasteiger partial charge < -0.3 is 15.0 Å². The average Bonchev–Trinajstić information content (AvgIpc) is 3.42. The Labute approximate surface area is 156 Å². The Kier molecular flexibility index (Phi) is 4.62. The highest BCUT2D eigenvalue weighted by Gasteiger charge is 2.45. The first-order chi connectivity index (χ1) is 13.2. The fraction of sp³-hybridized carbons (Fsp3) is 0.286. The second-order valence-corrected chi connectivity index (χ2v) is 6.88. The van der Waals surface area contributed by atoms with Gasteiger partial charge in [0, 0.05) is 41.8 Å². The summed E-state index contributed by atoms with van der Waals surface area (Å²) in [6.07, 6.45) is 6.55. The first-order valence-electron chi connectivity index (χ1n) is 9.00. The van der Waals surface area contributed by atoms with Crippen LogP contribution in [0, 0.1) is 5.92 Å². The molecule has 0 saturated heterocycles. The van der Waals surface area contributed by atoms with Crippen LogP contribution < -0.4 is 5.32 Å². The second kappa shape index (κ2) is 7.23. The molecular weight excluding hydrogens is 342 g/mol. The molecular formula is C21H21N3O3. The van der Waals surface area contributed by atoms with E-state index in [1.54, 1.807) is 12.4 Å². The predicted octanol–water partition coefficient (Wildman–Crippen LogP) is 2.57. The van der Waals surface area contributed by atoms with Crippen molar-refractivity contribution in [3.05, 3.63) is 66.1 Å². The summed E-state index contributed by atoms with van der Waals surface area (Å²) in [6, 6.07) is 11.0. The van der Waals surface area contributed by atoms with Crippen LogP contribution in [0.25, 0.3) is 10.9 Å². The van der Waals surface area contributed by atoms with E-state index >= 15 is 0 Å². The zero-order chi connectivity index (χ0) is 18.8. The van der Waals surface area contributed by atoms with Crippen molar-refractivity contribution in [2.45, 2.75) is 24.8 Å². The molecule has 138 valence electrons. The van der Waals surface area contributed by atoms with Crippen LogP contribution in [0.1, 0.15) is 23.5 Å². The lowest BCUT2D eigenvalue weighted by molar-refractivity contribution is -0.145. The molecule has 4 rings (SSSR count). The highest BCUT2D eigenvalue weighted by molar-refractivity contribution is 5.89. The highest BCUT2D eigenvalue weighted by atomic mass is 16.5. The SMILES string of the molecule is COC(=O)[C@@H](Cc1c[nH]c2ccccc12)NC(=O)[C@@H]1C[C@@H]1c1cccnc1. The monoisotopic (exact) mass is 363 g/mol. The average molecular weight is 363 g/mol. The Balaban J connectivity index is 1.47. The molecule has 0 unspecified atom stereocenters. The van der Waals surface area contributed by atoms with Gasteiger partial charge in [-0.05, 0) is 35.6 Å². The van der Waals surface area contributed by atoms with Crippen LogP contribution in [0.15, 0.2) is 55.0 Å². The van der Waals surface area contributed by atoms with E-state index in [1.165, 1.54) is 7.11 Å². The molecule has 0 aliphatic heterocycles. The summed E-state index contributed by atoms with van der Waals surface area (Å²) in [5.41, 5.74) is 3.03. The maximum atomic E-state index is 12.7. The van der Waals surface area contributed by atoms with Gasteiger partial charge in [-0.2, -0.15) is 0 Å². The van der Waals surface area contributed by atoms with E-state index in [2.05, 4.69) is 15.3 Å². The number of hydrogen-bond donors (Lipinski definition) is 2. The van der Waals surface area contributed by atoms with Crippen molar-refractivity contribution in [1.29, 1.82) is 0 Å². The van der Waals surface area contributed by atoms with Gasteiger partial charge in [-0.25, -0.2) is 4.79 Å². The molecule has 6 heteroatoms. The molecule has 0 radical (unpaired) electrons. The molecule has 6 nitrogen and oxygen atoms in total. The van der Waals surface area contributed by atoms with Gasteiger partial charge in [-0.1, -0.05) is 24.3 Å². The Hall–Kier alpha value is -3.15. The summed E-state index contributed by atoms with van der Waals surface area (Å²) in [4.78, 5) is 32.2. The number of H-pyrrole nitrogens is 1. The number of nitrogens with one attached hydrogen (secondary N) is 2. The maximum absolute atomic E-state index is 12.7. The first-order valence-corrected chi connectivity index (χ1v) is 9.00. The van der Waals surface area contributed by atoms with Gasteiger partial charge in [0.05, 0.1) is 7.11 Å². The number of aromatic nitrogens is 2. The minimum absolute atomic E-state index is 0.112. The Bertz CT molecular complexity index is 967. The molecule has 1 fully saturated rings. The van der Waals surface area contributed by atoms with E-state index in [0.717, 1.165) is 28.5 Å². The molecule has 3 atom stereocenters. The minimum atomic E-state index is -0.711. The van der Waals surface area contributed by atoms with Crippen LogP contribution in [0.3, 0.4) is 0 Å². The summed E-state index contributed by atoms with van der Waals surface area (Å²) < 4.78 is 4.91. The van der Waals surface area contributed by atoms with Crippen molar-refractivity contribution >= 4 is 22.8 Å². The number of esters is 1. The van der Waals surface area contributed by atoms with Gasteiger partial charge in [-0.15, -0.1) is 0 Å². The summed E-state index contributed by atoms with van der Waals surface area (Å²) in [7, 11) is 1.34. The number of aromatic amines is 1. The number of rotatable bonds is 6. The van der Waals surface area contributed by atoms with E-state index in [1.807, 2.05) is 42.6 Å². The quantitative estimate of drug-likeness (QED) is 0.659. The van der Waals surface area contributed by atoms with Crippen LogP contribution in [0.2, 0.25) is 0 Å². The molecule has 3 aromatic rings. The lowest BCUT2D eigenvalue weighted by Crippen LogP contribution is -2.43. The third kappa shape index (κ3) is 3.56. The smallest absolute Gasteiger partial charge is 0.328 e. The van der Waals surface area contributed by atoms with Crippen LogP contribution in [0.5, 0.6) is 0 Å². The molecule has 1 aromatic carbocycles. The summed E-state index contributed by atoms with van der Waals surface area (Å²) in [6.45, 7) is 0. The number of carbonyl (C=O) groups excluding carboxylic acids is 2. The Morgan fingerprint density at radius 1 is 1.30 bits per heavy atom. The van der Waals surface area contributed by atoms with Crippen LogP contribution in [0.4, 0.5) is 0 Å². The molecule has 2 heterocycles. The number of nitrogens with zero attached hydrogens (tertiary/aromatic N) is 1. The maximum Gasteiger partial charge on any atom is 0.328 e. The first kappa shape index (κ1) is 17.3. The van der Waals surface area contributed by atoms with Crippen LogP contribution in [-0.4, -0.2) is 35.0 Å². The van der Waals surface area contributed by atoms with E-state index in [-0.39, 0.29) is 17.7 Å². The topological polar surface area (TPSA) is 84.1 Å². The lowest BCUT2D eigenvalue weighted by atomic mass is 10.0. The molecule has 2 N–H and O–H groups in total. The Morgan fingerprint density at radius 3 is 2.93 bits per heavy atom. The number of methoxy groups -OCH3 is 1. The van der Waals surface area contributed by atoms with E-state index < -0.39 is 12.0 Å². The van der Waals surface area contributed by atoms with Crippen molar-refractivity contribution in [2.24, 2.45) is 5.92 Å². The lowest BCUT2D eigenvalue weighted by Gasteiger charge is -2.16. The number of para-hydroxylation sites is 1. The van der Waals surface area contributed by atoms with Gasteiger partial charge >= 0.3 is 5.97 Å². The highest BCUT2D eigenvalue weighted by Crippen LogP contribution is 2.47. The third-order valence-corrected chi connectivity index (χ3v) is 5.14. The summed E-state index contributed by atoms with van der Waals surface area (Å²) in [5.74, 6) is -0.499. The molecule has 1 saturated carbocycles.